The summed E-state index contributed by atoms with van der Waals surface area (Å²) in [6.07, 6.45) is 1.96. The molecule has 23 heavy (non-hydrogen) atoms. The van der Waals surface area contributed by atoms with Crippen molar-refractivity contribution in [2.24, 2.45) is 5.73 Å². The molecule has 3 rings (SSSR count). The summed E-state index contributed by atoms with van der Waals surface area (Å²) in [5.74, 6) is -0.296. The number of nitrogens with two attached hydrogens (primary N) is 1. The molecule has 0 atom stereocenters. The molecule has 2 fully saturated rings. The van der Waals surface area contributed by atoms with E-state index < -0.39 is 0 Å². The third-order valence-corrected chi connectivity index (χ3v) is 4.60. The van der Waals surface area contributed by atoms with E-state index in [4.69, 9.17) is 15.2 Å². The van der Waals surface area contributed by atoms with Gasteiger partial charge in [-0.3, -0.25) is 0 Å². The molecule has 2 aliphatic rings. The van der Waals surface area contributed by atoms with Crippen molar-refractivity contribution < 1.29 is 14.3 Å². The molecular formula is C17H25N3O3. The van der Waals surface area contributed by atoms with Crippen LogP contribution in [0.4, 0.5) is 11.4 Å². The topological polar surface area (TPSA) is 68.0 Å². The van der Waals surface area contributed by atoms with E-state index in [2.05, 4.69) is 15.9 Å². The quantitative estimate of drug-likeness (QED) is 0.846. The molecule has 0 bridgehead atoms. The summed E-state index contributed by atoms with van der Waals surface area (Å²) >= 11 is 0. The molecule has 0 aliphatic carbocycles. The molecule has 1 aromatic carbocycles. The molecule has 126 valence electrons. The van der Waals surface area contributed by atoms with Crippen LogP contribution in [-0.2, 0) is 9.47 Å². The number of methoxy groups -OCH3 is 1. The summed E-state index contributed by atoms with van der Waals surface area (Å²) in [7, 11) is 1.42. The molecule has 0 amide bonds. The van der Waals surface area contributed by atoms with E-state index in [9.17, 15) is 4.79 Å². The minimum atomic E-state index is -0.296. The highest BCUT2D eigenvalue weighted by molar-refractivity contribution is 5.92. The van der Waals surface area contributed by atoms with Gasteiger partial charge < -0.3 is 25.0 Å². The fraction of sp³-hybridized carbons (Fsp3) is 0.588. The van der Waals surface area contributed by atoms with Crippen molar-refractivity contribution in [3.8, 4) is 0 Å². The number of anilines is 2. The number of hydrogen-bond acceptors (Lipinski definition) is 6. The van der Waals surface area contributed by atoms with Crippen LogP contribution in [0.3, 0.4) is 0 Å². The molecule has 0 aromatic heterocycles. The predicted octanol–water partition coefficient (Wildman–Crippen LogP) is 1.24. The van der Waals surface area contributed by atoms with Gasteiger partial charge >= 0.3 is 5.97 Å². The third-order valence-electron chi connectivity index (χ3n) is 4.60. The van der Waals surface area contributed by atoms with Crippen LogP contribution < -0.4 is 15.5 Å². The van der Waals surface area contributed by atoms with E-state index in [0.29, 0.717) is 5.56 Å². The summed E-state index contributed by atoms with van der Waals surface area (Å²) < 4.78 is 10.3. The van der Waals surface area contributed by atoms with E-state index in [-0.39, 0.29) is 12.0 Å². The van der Waals surface area contributed by atoms with Crippen molar-refractivity contribution in [2.75, 3.05) is 56.3 Å². The van der Waals surface area contributed by atoms with Gasteiger partial charge in [-0.2, -0.15) is 0 Å². The molecule has 6 nitrogen and oxygen atoms in total. The monoisotopic (exact) mass is 319 g/mol. The van der Waals surface area contributed by atoms with Crippen molar-refractivity contribution >= 4 is 17.3 Å². The highest BCUT2D eigenvalue weighted by atomic mass is 16.5. The summed E-state index contributed by atoms with van der Waals surface area (Å²) in [5, 5.41) is 0. The number of hydrogen-bond donors (Lipinski definition) is 1. The maximum absolute atomic E-state index is 12.0. The second kappa shape index (κ2) is 7.19. The number of carbonyl (C=O) groups excluding carboxylic acids is 1. The Morgan fingerprint density at radius 1 is 1.09 bits per heavy atom. The van der Waals surface area contributed by atoms with Gasteiger partial charge in [0.25, 0.3) is 0 Å². The van der Waals surface area contributed by atoms with Gasteiger partial charge in [0, 0.05) is 43.6 Å². The SMILES string of the molecule is COC(=O)c1cc(N2CCOCC2)cc(N2CCC(N)CC2)c1. The lowest BCUT2D eigenvalue weighted by Crippen LogP contribution is -2.40. The number of benzene rings is 1. The van der Waals surface area contributed by atoms with E-state index in [0.717, 1.165) is 63.6 Å². The van der Waals surface area contributed by atoms with Gasteiger partial charge in [0.2, 0.25) is 0 Å². The molecule has 0 spiro atoms. The Morgan fingerprint density at radius 2 is 1.65 bits per heavy atom. The van der Waals surface area contributed by atoms with Crippen molar-refractivity contribution in [2.45, 2.75) is 18.9 Å². The molecule has 0 saturated carbocycles. The maximum atomic E-state index is 12.0. The summed E-state index contributed by atoms with van der Waals surface area (Å²) in [4.78, 5) is 16.6. The third kappa shape index (κ3) is 3.76. The molecule has 2 aliphatic heterocycles. The van der Waals surface area contributed by atoms with Crippen LogP contribution in [0, 0.1) is 0 Å². The molecule has 1 aromatic rings. The van der Waals surface area contributed by atoms with Crippen LogP contribution in [0.25, 0.3) is 0 Å². The first-order valence-corrected chi connectivity index (χ1v) is 8.24. The van der Waals surface area contributed by atoms with E-state index in [1.54, 1.807) is 0 Å². The van der Waals surface area contributed by atoms with Crippen LogP contribution in [0.15, 0.2) is 18.2 Å². The predicted molar refractivity (Wildman–Crippen MR) is 90.2 cm³/mol. The lowest BCUT2D eigenvalue weighted by Gasteiger charge is -2.34. The zero-order chi connectivity index (χ0) is 16.2. The van der Waals surface area contributed by atoms with Gasteiger partial charge in [0.15, 0.2) is 0 Å². The Hall–Kier alpha value is -1.79. The lowest BCUT2D eigenvalue weighted by molar-refractivity contribution is 0.0601. The first-order chi connectivity index (χ1) is 11.2. The number of morpholine rings is 1. The van der Waals surface area contributed by atoms with Crippen LogP contribution in [0.1, 0.15) is 23.2 Å². The number of nitrogens with zero attached hydrogens (tertiary/aromatic N) is 2. The van der Waals surface area contributed by atoms with Crippen molar-refractivity contribution in [3.63, 3.8) is 0 Å². The van der Waals surface area contributed by atoms with Gasteiger partial charge in [-0.1, -0.05) is 0 Å². The average molecular weight is 319 g/mol. The molecule has 0 radical (unpaired) electrons. The van der Waals surface area contributed by atoms with E-state index in [1.807, 2.05) is 12.1 Å². The Kier molecular flexibility index (Phi) is 5.03. The number of rotatable bonds is 3. The van der Waals surface area contributed by atoms with Gasteiger partial charge in [-0.15, -0.1) is 0 Å². The van der Waals surface area contributed by atoms with Gasteiger partial charge in [0.1, 0.15) is 0 Å². The molecule has 6 heteroatoms. The van der Waals surface area contributed by atoms with Crippen molar-refractivity contribution in [3.05, 3.63) is 23.8 Å². The van der Waals surface area contributed by atoms with Crippen molar-refractivity contribution in [1.29, 1.82) is 0 Å². The number of ether oxygens (including phenoxy) is 2. The highest BCUT2D eigenvalue weighted by Gasteiger charge is 2.20. The first-order valence-electron chi connectivity index (χ1n) is 8.24. The first kappa shape index (κ1) is 16.1. The zero-order valence-electron chi connectivity index (χ0n) is 13.7. The molecular weight excluding hydrogens is 294 g/mol. The second-order valence-electron chi connectivity index (χ2n) is 6.15. The minimum absolute atomic E-state index is 0.286. The summed E-state index contributed by atoms with van der Waals surface area (Å²) in [6.45, 7) is 4.97. The average Bonchev–Trinajstić information content (AvgIpc) is 2.62. The highest BCUT2D eigenvalue weighted by Crippen LogP contribution is 2.28. The Labute approximate surface area is 137 Å². The van der Waals surface area contributed by atoms with Crippen molar-refractivity contribution in [1.82, 2.24) is 0 Å². The largest absolute Gasteiger partial charge is 0.465 e. The summed E-state index contributed by atoms with van der Waals surface area (Å²) in [6, 6.07) is 6.28. The maximum Gasteiger partial charge on any atom is 0.337 e. The minimum Gasteiger partial charge on any atom is -0.465 e. The fourth-order valence-corrected chi connectivity index (χ4v) is 3.18. The standard InChI is InChI=1S/C17H25N3O3/c1-22-17(21)13-10-15(19-4-2-14(18)3-5-19)12-16(11-13)20-6-8-23-9-7-20/h10-12,14H,2-9,18H2,1H3. The second-order valence-corrected chi connectivity index (χ2v) is 6.15. The molecule has 2 saturated heterocycles. The number of piperidine rings is 1. The summed E-state index contributed by atoms with van der Waals surface area (Å²) in [5.41, 5.74) is 8.72. The Bertz CT molecular complexity index is 550. The van der Waals surface area contributed by atoms with Gasteiger partial charge in [0.05, 0.1) is 25.9 Å². The van der Waals surface area contributed by atoms with Gasteiger partial charge in [-0.05, 0) is 31.0 Å². The number of carbonyl (C=O) groups is 1. The van der Waals surface area contributed by atoms with Crippen LogP contribution in [-0.4, -0.2) is 58.5 Å². The van der Waals surface area contributed by atoms with E-state index in [1.165, 1.54) is 7.11 Å². The molecule has 0 unspecified atom stereocenters. The fourth-order valence-electron chi connectivity index (χ4n) is 3.18. The van der Waals surface area contributed by atoms with Crippen LogP contribution in [0.5, 0.6) is 0 Å². The normalized spacial score (nSPS) is 19.7. The van der Waals surface area contributed by atoms with Crippen LogP contribution in [0.2, 0.25) is 0 Å². The molecule has 2 heterocycles. The number of esters is 1. The van der Waals surface area contributed by atoms with E-state index >= 15 is 0 Å². The Morgan fingerprint density at radius 3 is 2.22 bits per heavy atom. The molecule has 2 N–H and O–H groups in total. The van der Waals surface area contributed by atoms with Gasteiger partial charge in [-0.25, -0.2) is 4.79 Å². The zero-order valence-corrected chi connectivity index (χ0v) is 13.7. The van der Waals surface area contributed by atoms with Crippen LogP contribution >= 0.6 is 0 Å². The Balaban J connectivity index is 1.89. The lowest BCUT2D eigenvalue weighted by atomic mass is 10.0. The smallest absolute Gasteiger partial charge is 0.337 e.